The highest BCUT2D eigenvalue weighted by molar-refractivity contribution is 5.76. The molecule has 5 heteroatoms. The number of ether oxygens (including phenoxy) is 3. The highest BCUT2D eigenvalue weighted by Crippen LogP contribution is 2.25. The fraction of sp³-hybridized carbons (Fsp3) is 0.174. The van der Waals surface area contributed by atoms with Gasteiger partial charge in [0.1, 0.15) is 24.2 Å². The number of esters is 1. The van der Waals surface area contributed by atoms with Gasteiger partial charge in [-0.25, -0.2) is 4.79 Å². The first kappa shape index (κ1) is 19.5. The predicted octanol–water partition coefficient (Wildman–Crippen LogP) is 3.92. The highest BCUT2D eigenvalue weighted by atomic mass is 16.6. The van der Waals surface area contributed by atoms with E-state index in [1.165, 1.54) is 7.11 Å². The Kier molecular flexibility index (Phi) is 6.65. The van der Waals surface area contributed by atoms with Gasteiger partial charge in [0.25, 0.3) is 0 Å². The van der Waals surface area contributed by atoms with Crippen LogP contribution in [0.15, 0.2) is 84.9 Å². The van der Waals surface area contributed by atoms with Crippen molar-refractivity contribution in [1.29, 1.82) is 0 Å². The number of benzene rings is 3. The van der Waals surface area contributed by atoms with Gasteiger partial charge in [0, 0.05) is 0 Å². The maximum Gasteiger partial charge on any atom is 0.350 e. The summed E-state index contributed by atoms with van der Waals surface area (Å²) < 4.78 is 16.2. The van der Waals surface area contributed by atoms with Crippen LogP contribution in [-0.4, -0.2) is 24.3 Å². The van der Waals surface area contributed by atoms with Gasteiger partial charge in [0.15, 0.2) is 0 Å². The van der Waals surface area contributed by atoms with E-state index in [9.17, 15) is 9.90 Å². The molecule has 28 heavy (non-hydrogen) atoms. The van der Waals surface area contributed by atoms with Crippen LogP contribution in [0.4, 0.5) is 0 Å². The first-order chi connectivity index (χ1) is 13.7. The standard InChI is InChI=1S/C23H22O5/c1-26-23(25)22(28-20-10-6-3-7-11-20)21(24)18-12-14-19(15-13-18)27-16-17-8-4-2-5-9-17/h2-15,21-22,24H,16H2,1H3. The van der Waals surface area contributed by atoms with Crippen molar-refractivity contribution in [3.8, 4) is 11.5 Å². The molecule has 144 valence electrons. The first-order valence-electron chi connectivity index (χ1n) is 8.91. The number of carbonyl (C=O) groups excluding carboxylic acids is 1. The maximum atomic E-state index is 12.1. The second-order valence-electron chi connectivity index (χ2n) is 6.16. The molecule has 0 aliphatic rings. The number of aliphatic hydroxyl groups is 1. The van der Waals surface area contributed by atoms with Crippen LogP contribution in [0.25, 0.3) is 0 Å². The second-order valence-corrected chi connectivity index (χ2v) is 6.16. The summed E-state index contributed by atoms with van der Waals surface area (Å²) in [6, 6.07) is 25.6. The second kappa shape index (κ2) is 9.58. The molecule has 0 saturated carbocycles. The highest BCUT2D eigenvalue weighted by Gasteiger charge is 2.31. The van der Waals surface area contributed by atoms with Gasteiger partial charge < -0.3 is 19.3 Å². The molecule has 0 aliphatic heterocycles. The van der Waals surface area contributed by atoms with E-state index in [4.69, 9.17) is 14.2 Å². The Bertz CT molecular complexity index is 863. The van der Waals surface area contributed by atoms with Crippen LogP contribution < -0.4 is 9.47 Å². The van der Waals surface area contributed by atoms with Gasteiger partial charge in [-0.05, 0) is 35.4 Å². The van der Waals surface area contributed by atoms with Crippen molar-refractivity contribution in [1.82, 2.24) is 0 Å². The summed E-state index contributed by atoms with van der Waals surface area (Å²) in [7, 11) is 1.26. The van der Waals surface area contributed by atoms with Crippen molar-refractivity contribution in [3.05, 3.63) is 96.1 Å². The minimum atomic E-state index is -1.18. The van der Waals surface area contributed by atoms with Crippen molar-refractivity contribution >= 4 is 5.97 Å². The van der Waals surface area contributed by atoms with Crippen LogP contribution in [0, 0.1) is 0 Å². The van der Waals surface area contributed by atoms with E-state index in [0.717, 1.165) is 5.56 Å². The molecule has 2 unspecified atom stereocenters. The molecule has 0 amide bonds. The Hall–Kier alpha value is -3.31. The quantitative estimate of drug-likeness (QED) is 0.602. The lowest BCUT2D eigenvalue weighted by Gasteiger charge is -2.22. The van der Waals surface area contributed by atoms with Crippen molar-refractivity contribution in [2.45, 2.75) is 18.8 Å². The lowest BCUT2D eigenvalue weighted by Crippen LogP contribution is -2.35. The lowest BCUT2D eigenvalue weighted by atomic mass is 10.0. The predicted molar refractivity (Wildman–Crippen MR) is 105 cm³/mol. The topological polar surface area (TPSA) is 65.0 Å². The van der Waals surface area contributed by atoms with E-state index in [-0.39, 0.29) is 0 Å². The van der Waals surface area contributed by atoms with E-state index >= 15 is 0 Å². The Morgan fingerprint density at radius 1 is 0.857 bits per heavy atom. The summed E-state index contributed by atoms with van der Waals surface area (Å²) in [6.07, 6.45) is -2.36. The van der Waals surface area contributed by atoms with Crippen LogP contribution in [0.1, 0.15) is 17.2 Å². The van der Waals surface area contributed by atoms with E-state index in [1.807, 2.05) is 36.4 Å². The molecule has 0 radical (unpaired) electrons. The zero-order valence-corrected chi connectivity index (χ0v) is 15.5. The smallest absolute Gasteiger partial charge is 0.350 e. The number of hydrogen-bond acceptors (Lipinski definition) is 5. The van der Waals surface area contributed by atoms with Gasteiger partial charge >= 0.3 is 5.97 Å². The van der Waals surface area contributed by atoms with Gasteiger partial charge in [0.05, 0.1) is 7.11 Å². The van der Waals surface area contributed by atoms with Crippen LogP contribution in [0.5, 0.6) is 11.5 Å². The molecule has 5 nitrogen and oxygen atoms in total. The number of rotatable bonds is 8. The molecule has 2 atom stereocenters. The van der Waals surface area contributed by atoms with Gasteiger partial charge in [0.2, 0.25) is 6.10 Å². The molecule has 1 N–H and O–H groups in total. The molecule has 3 aromatic rings. The van der Waals surface area contributed by atoms with Crippen LogP contribution in [0.2, 0.25) is 0 Å². The third kappa shape index (κ3) is 5.11. The van der Waals surface area contributed by atoms with E-state index in [0.29, 0.717) is 23.7 Å². The summed E-state index contributed by atoms with van der Waals surface area (Å²) in [5, 5.41) is 10.7. The Morgan fingerprint density at radius 3 is 2.07 bits per heavy atom. The van der Waals surface area contributed by atoms with Gasteiger partial charge in [-0.1, -0.05) is 60.7 Å². The minimum absolute atomic E-state index is 0.449. The molecule has 0 aliphatic carbocycles. The number of para-hydroxylation sites is 1. The summed E-state index contributed by atoms with van der Waals surface area (Å²) >= 11 is 0. The molecule has 0 fully saturated rings. The third-order valence-electron chi connectivity index (χ3n) is 4.20. The number of hydrogen-bond donors (Lipinski definition) is 1. The third-order valence-corrected chi connectivity index (χ3v) is 4.20. The van der Waals surface area contributed by atoms with Crippen molar-refractivity contribution < 1.29 is 24.1 Å². The molecular formula is C23H22O5. The molecule has 0 bridgehead atoms. The van der Waals surface area contributed by atoms with Gasteiger partial charge in [-0.3, -0.25) is 0 Å². The average Bonchev–Trinajstić information content (AvgIpc) is 2.77. The SMILES string of the molecule is COC(=O)C(Oc1ccccc1)C(O)c1ccc(OCc2ccccc2)cc1. The molecule has 0 spiro atoms. The zero-order valence-electron chi connectivity index (χ0n) is 15.5. The van der Waals surface area contributed by atoms with Crippen LogP contribution in [0.3, 0.4) is 0 Å². The van der Waals surface area contributed by atoms with Crippen LogP contribution in [-0.2, 0) is 16.1 Å². The minimum Gasteiger partial charge on any atom is -0.489 e. The Morgan fingerprint density at radius 2 is 1.46 bits per heavy atom. The van der Waals surface area contributed by atoms with E-state index in [2.05, 4.69) is 0 Å². The Balaban J connectivity index is 1.68. The molecule has 0 saturated heterocycles. The summed E-state index contributed by atoms with van der Waals surface area (Å²) in [6.45, 7) is 0.449. The molecular weight excluding hydrogens is 356 g/mol. The molecule has 0 heterocycles. The van der Waals surface area contributed by atoms with Crippen LogP contribution >= 0.6 is 0 Å². The fourth-order valence-electron chi connectivity index (χ4n) is 2.68. The monoisotopic (exact) mass is 378 g/mol. The van der Waals surface area contributed by atoms with E-state index < -0.39 is 18.2 Å². The number of methoxy groups -OCH3 is 1. The lowest BCUT2D eigenvalue weighted by molar-refractivity contribution is -0.154. The average molecular weight is 378 g/mol. The molecule has 3 aromatic carbocycles. The Labute approximate surface area is 164 Å². The largest absolute Gasteiger partial charge is 0.489 e. The zero-order chi connectivity index (χ0) is 19.8. The van der Waals surface area contributed by atoms with E-state index in [1.54, 1.807) is 48.5 Å². The van der Waals surface area contributed by atoms with Gasteiger partial charge in [-0.15, -0.1) is 0 Å². The fourth-order valence-corrected chi connectivity index (χ4v) is 2.68. The number of aliphatic hydroxyl groups excluding tert-OH is 1. The number of carbonyl (C=O) groups is 1. The summed E-state index contributed by atoms with van der Waals surface area (Å²) in [5.41, 5.74) is 1.59. The molecule has 3 rings (SSSR count). The van der Waals surface area contributed by atoms with Crippen molar-refractivity contribution in [2.24, 2.45) is 0 Å². The maximum absolute atomic E-state index is 12.1. The molecule has 0 aromatic heterocycles. The summed E-state index contributed by atoms with van der Waals surface area (Å²) in [4.78, 5) is 12.1. The first-order valence-corrected chi connectivity index (χ1v) is 8.91. The van der Waals surface area contributed by atoms with Crippen molar-refractivity contribution in [2.75, 3.05) is 7.11 Å². The summed E-state index contributed by atoms with van der Waals surface area (Å²) in [5.74, 6) is 0.485. The van der Waals surface area contributed by atoms with Gasteiger partial charge in [-0.2, -0.15) is 0 Å². The normalized spacial score (nSPS) is 12.6. The van der Waals surface area contributed by atoms with Crippen molar-refractivity contribution in [3.63, 3.8) is 0 Å².